The van der Waals surface area contributed by atoms with Crippen LogP contribution in [-0.2, 0) is 25.6 Å². The molecule has 2 amide bonds. The van der Waals surface area contributed by atoms with Crippen LogP contribution in [-0.4, -0.2) is 53.8 Å². The number of carbonyl (C=O) groups excluding carboxylic acids is 2. The third-order valence-corrected chi connectivity index (χ3v) is 4.39. The number of rotatable bonds is 5. The monoisotopic (exact) mass is 364 g/mol. The normalized spacial score (nSPS) is 27.6. The van der Waals surface area contributed by atoms with Crippen LogP contribution in [0.15, 0.2) is 30.3 Å². The molecule has 3 rings (SSSR count). The number of alkyl carbamates (subject to hydrolysis) is 1. The van der Waals surface area contributed by atoms with Gasteiger partial charge in [-0.2, -0.15) is 0 Å². The topological polar surface area (TPSA) is 106 Å². The van der Waals surface area contributed by atoms with Crippen LogP contribution in [0.2, 0.25) is 0 Å². The maximum atomic E-state index is 12.0. The van der Waals surface area contributed by atoms with Crippen LogP contribution in [0.4, 0.5) is 4.79 Å². The summed E-state index contributed by atoms with van der Waals surface area (Å²) in [4.78, 5) is 23.7. The van der Waals surface area contributed by atoms with E-state index in [4.69, 9.17) is 14.2 Å². The average molecular weight is 364 g/mol. The van der Waals surface area contributed by atoms with Gasteiger partial charge in [0.05, 0.1) is 18.6 Å². The molecule has 1 aromatic rings. The molecule has 26 heavy (non-hydrogen) atoms. The Balaban J connectivity index is 1.43. The smallest absolute Gasteiger partial charge is 0.414 e. The summed E-state index contributed by atoms with van der Waals surface area (Å²) in [5.74, 6) is -1.32. The Hall–Kier alpha value is -2.00. The van der Waals surface area contributed by atoms with Crippen LogP contribution in [0.1, 0.15) is 25.8 Å². The number of nitrogens with one attached hydrogen (secondary N) is 2. The van der Waals surface area contributed by atoms with Gasteiger partial charge in [-0.05, 0) is 19.4 Å². The third kappa shape index (κ3) is 4.59. The maximum absolute atomic E-state index is 12.0. The van der Waals surface area contributed by atoms with Crippen LogP contribution < -0.4 is 10.6 Å². The lowest BCUT2D eigenvalue weighted by atomic mass is 10.0. The zero-order chi connectivity index (χ0) is 18.7. The molecule has 2 aliphatic heterocycles. The number of fused-ring (bicyclic) bond motifs is 1. The van der Waals surface area contributed by atoms with Crippen molar-refractivity contribution in [2.45, 2.75) is 57.0 Å². The third-order valence-electron chi connectivity index (χ3n) is 4.39. The van der Waals surface area contributed by atoms with E-state index in [1.165, 1.54) is 0 Å². The molecule has 2 aliphatic rings. The summed E-state index contributed by atoms with van der Waals surface area (Å²) < 4.78 is 16.5. The standard InChI is InChI=1S/C18H24N2O6/c1-18(2)25-13-9-19-15(16(13)26-18)12(21)8-14(22)20-17(23)24-10-11-6-4-3-5-7-11/h3-7,12-13,15-16,19,21H,8-10H2,1-2H3,(H,20,22,23)/t12-,13-,15-,16-/m1/s1. The summed E-state index contributed by atoms with van der Waals surface area (Å²) in [5, 5.41) is 15.6. The van der Waals surface area contributed by atoms with Crippen LogP contribution in [0.3, 0.4) is 0 Å². The minimum Gasteiger partial charge on any atom is -0.444 e. The van der Waals surface area contributed by atoms with E-state index in [2.05, 4.69) is 10.6 Å². The first-order valence-electron chi connectivity index (χ1n) is 8.62. The number of benzene rings is 1. The van der Waals surface area contributed by atoms with Gasteiger partial charge in [-0.3, -0.25) is 10.1 Å². The highest BCUT2D eigenvalue weighted by Gasteiger charge is 2.51. The van der Waals surface area contributed by atoms with Crippen LogP contribution >= 0.6 is 0 Å². The van der Waals surface area contributed by atoms with E-state index in [1.54, 1.807) is 0 Å². The fourth-order valence-electron chi connectivity index (χ4n) is 3.29. The predicted molar refractivity (Wildman–Crippen MR) is 91.0 cm³/mol. The van der Waals surface area contributed by atoms with E-state index in [1.807, 2.05) is 44.2 Å². The highest BCUT2D eigenvalue weighted by atomic mass is 16.8. The second kappa shape index (κ2) is 7.71. The molecule has 0 radical (unpaired) electrons. The van der Waals surface area contributed by atoms with Crippen molar-refractivity contribution in [1.82, 2.24) is 10.6 Å². The van der Waals surface area contributed by atoms with Gasteiger partial charge >= 0.3 is 6.09 Å². The van der Waals surface area contributed by atoms with Crippen LogP contribution in [0, 0.1) is 0 Å². The van der Waals surface area contributed by atoms with E-state index in [0.717, 1.165) is 5.56 Å². The quantitative estimate of drug-likeness (QED) is 0.705. The first-order chi connectivity index (χ1) is 12.3. The van der Waals surface area contributed by atoms with Crippen molar-refractivity contribution < 1.29 is 28.9 Å². The number of hydrogen-bond acceptors (Lipinski definition) is 7. The molecular weight excluding hydrogens is 340 g/mol. The summed E-state index contributed by atoms with van der Waals surface area (Å²) in [6, 6.07) is 8.70. The molecule has 2 heterocycles. The minimum absolute atomic E-state index is 0.0662. The maximum Gasteiger partial charge on any atom is 0.414 e. The molecule has 0 spiro atoms. The van der Waals surface area contributed by atoms with Gasteiger partial charge in [0, 0.05) is 6.54 Å². The predicted octanol–water partition coefficient (Wildman–Crippen LogP) is 0.682. The Labute approximate surface area is 151 Å². The summed E-state index contributed by atoms with van der Waals surface area (Å²) in [7, 11) is 0. The van der Waals surface area contributed by atoms with Gasteiger partial charge in [-0.15, -0.1) is 0 Å². The van der Waals surface area contributed by atoms with Crippen molar-refractivity contribution in [2.75, 3.05) is 6.54 Å². The van der Waals surface area contributed by atoms with Gasteiger partial charge in [0.15, 0.2) is 5.79 Å². The molecule has 4 atom stereocenters. The lowest BCUT2D eigenvalue weighted by molar-refractivity contribution is -0.156. The number of hydrogen-bond donors (Lipinski definition) is 3. The first-order valence-corrected chi connectivity index (χ1v) is 8.62. The highest BCUT2D eigenvalue weighted by molar-refractivity contribution is 5.91. The van der Waals surface area contributed by atoms with Crippen LogP contribution in [0.5, 0.6) is 0 Å². The molecule has 0 saturated carbocycles. The summed E-state index contributed by atoms with van der Waals surface area (Å²) in [5.41, 5.74) is 0.817. The summed E-state index contributed by atoms with van der Waals surface area (Å²) >= 11 is 0. The van der Waals surface area contributed by atoms with Gasteiger partial charge in [0.2, 0.25) is 5.91 Å². The number of amides is 2. The molecule has 0 unspecified atom stereocenters. The van der Waals surface area contributed by atoms with Gasteiger partial charge in [0.25, 0.3) is 0 Å². The average Bonchev–Trinajstić information content (AvgIpc) is 3.08. The van der Waals surface area contributed by atoms with Gasteiger partial charge in [-0.25, -0.2) is 4.79 Å². The van der Waals surface area contributed by atoms with Crippen molar-refractivity contribution in [3.05, 3.63) is 35.9 Å². The Bertz CT molecular complexity index is 650. The zero-order valence-corrected chi connectivity index (χ0v) is 14.8. The molecule has 0 bridgehead atoms. The zero-order valence-electron chi connectivity index (χ0n) is 14.8. The Morgan fingerprint density at radius 1 is 1.35 bits per heavy atom. The van der Waals surface area contributed by atoms with Gasteiger partial charge in [-0.1, -0.05) is 30.3 Å². The molecule has 142 valence electrons. The number of imide groups is 1. The molecule has 1 aromatic carbocycles. The van der Waals surface area contributed by atoms with Crippen LogP contribution in [0.25, 0.3) is 0 Å². The molecule has 2 fully saturated rings. The van der Waals surface area contributed by atoms with Gasteiger partial charge in [0.1, 0.15) is 18.8 Å². The molecule has 3 N–H and O–H groups in total. The fraction of sp³-hybridized carbons (Fsp3) is 0.556. The molecule has 2 saturated heterocycles. The SMILES string of the molecule is CC1(C)O[C@H]2[C@@H]([C@H](O)CC(=O)NC(=O)OCc3ccccc3)NC[C@H]2O1. The number of aliphatic hydroxyl groups is 1. The molecule has 8 heteroatoms. The van der Waals surface area contributed by atoms with E-state index in [9.17, 15) is 14.7 Å². The van der Waals surface area contributed by atoms with Crippen molar-refractivity contribution in [3.8, 4) is 0 Å². The van der Waals surface area contributed by atoms with Crippen molar-refractivity contribution in [3.63, 3.8) is 0 Å². The number of aliphatic hydroxyl groups excluding tert-OH is 1. The van der Waals surface area contributed by atoms with E-state index >= 15 is 0 Å². The first kappa shape index (κ1) is 18.8. The fourth-order valence-corrected chi connectivity index (χ4v) is 3.29. The van der Waals surface area contributed by atoms with E-state index < -0.39 is 29.9 Å². The van der Waals surface area contributed by atoms with E-state index in [0.29, 0.717) is 6.54 Å². The number of carbonyl (C=O) groups is 2. The van der Waals surface area contributed by atoms with Crippen molar-refractivity contribution in [2.24, 2.45) is 0 Å². The molecule has 0 aromatic heterocycles. The summed E-state index contributed by atoms with van der Waals surface area (Å²) in [6.45, 7) is 4.22. The lowest BCUT2D eigenvalue weighted by Crippen LogP contribution is -2.46. The second-order valence-electron chi connectivity index (χ2n) is 6.95. The molecular formula is C18H24N2O6. The second-order valence-corrected chi connectivity index (χ2v) is 6.95. The lowest BCUT2D eigenvalue weighted by Gasteiger charge is -2.25. The van der Waals surface area contributed by atoms with E-state index in [-0.39, 0.29) is 25.2 Å². The summed E-state index contributed by atoms with van der Waals surface area (Å²) in [6.07, 6.45) is -2.60. The minimum atomic E-state index is -1.01. The Kier molecular flexibility index (Phi) is 5.57. The van der Waals surface area contributed by atoms with Crippen molar-refractivity contribution >= 4 is 12.0 Å². The Morgan fingerprint density at radius 3 is 2.81 bits per heavy atom. The number of ether oxygens (including phenoxy) is 3. The molecule has 0 aliphatic carbocycles. The Morgan fingerprint density at radius 2 is 2.08 bits per heavy atom. The molecule has 8 nitrogen and oxygen atoms in total. The van der Waals surface area contributed by atoms with Crippen molar-refractivity contribution in [1.29, 1.82) is 0 Å². The largest absolute Gasteiger partial charge is 0.444 e. The van der Waals surface area contributed by atoms with Gasteiger partial charge < -0.3 is 24.6 Å². The highest BCUT2D eigenvalue weighted by Crippen LogP contribution is 2.34.